The number of nitrogens with two attached hydrogens (primary N) is 1. The Balaban J connectivity index is 1.45. The van der Waals surface area contributed by atoms with E-state index < -0.39 is 11.6 Å². The lowest BCUT2D eigenvalue weighted by molar-refractivity contribution is 0.174. The molecule has 3 N–H and O–H groups in total. The van der Waals surface area contributed by atoms with Gasteiger partial charge in [-0.3, -0.25) is 0 Å². The first-order chi connectivity index (χ1) is 18.0. The fourth-order valence-electron chi connectivity index (χ4n) is 4.12. The molecule has 5 aromatic rings. The van der Waals surface area contributed by atoms with Gasteiger partial charge in [0, 0.05) is 12.1 Å². The van der Waals surface area contributed by atoms with Crippen molar-refractivity contribution in [3.05, 3.63) is 77.9 Å². The molecule has 0 saturated carbocycles. The average molecular weight is 502 g/mol. The molecule has 0 unspecified atom stereocenters. The van der Waals surface area contributed by atoms with Gasteiger partial charge in [0.2, 0.25) is 12.7 Å². The number of hydrogen-bond donors (Lipinski definition) is 2. The van der Waals surface area contributed by atoms with Crippen LogP contribution < -0.4 is 25.3 Å². The summed E-state index contributed by atoms with van der Waals surface area (Å²) >= 11 is 0. The summed E-state index contributed by atoms with van der Waals surface area (Å²) in [6.07, 6.45) is 0. The van der Waals surface area contributed by atoms with E-state index in [1.165, 1.54) is 16.8 Å². The largest absolute Gasteiger partial charge is 0.497 e. The smallest absolute Gasteiger partial charge is 0.231 e. The molecule has 1 aliphatic rings. The van der Waals surface area contributed by atoms with Crippen LogP contribution in [0, 0.1) is 11.6 Å². The van der Waals surface area contributed by atoms with E-state index in [1.807, 2.05) is 18.2 Å². The molecule has 3 heterocycles. The third kappa shape index (κ3) is 3.99. The molecule has 37 heavy (non-hydrogen) atoms. The average Bonchev–Trinajstić information content (AvgIpc) is 3.52. The Hall–Kier alpha value is -4.93. The van der Waals surface area contributed by atoms with E-state index in [1.54, 1.807) is 31.4 Å². The van der Waals surface area contributed by atoms with Crippen molar-refractivity contribution in [1.82, 2.24) is 19.7 Å². The summed E-state index contributed by atoms with van der Waals surface area (Å²) in [4.78, 5) is 9.03. The number of nitrogens with one attached hydrogen (secondary N) is 1. The van der Waals surface area contributed by atoms with Gasteiger partial charge >= 0.3 is 0 Å². The quantitative estimate of drug-likeness (QED) is 0.344. The first kappa shape index (κ1) is 22.5. The maximum Gasteiger partial charge on any atom is 0.231 e. The number of hydrogen-bond acceptors (Lipinski definition) is 8. The van der Waals surface area contributed by atoms with Crippen LogP contribution in [0.25, 0.3) is 28.0 Å². The van der Waals surface area contributed by atoms with E-state index in [9.17, 15) is 8.78 Å². The van der Waals surface area contributed by atoms with Crippen molar-refractivity contribution >= 4 is 22.8 Å². The summed E-state index contributed by atoms with van der Waals surface area (Å²) in [5, 5.41) is 7.98. The zero-order chi connectivity index (χ0) is 25.5. The third-order valence-electron chi connectivity index (χ3n) is 5.98. The molecule has 1 aliphatic heterocycles. The van der Waals surface area contributed by atoms with E-state index in [4.69, 9.17) is 19.9 Å². The van der Waals surface area contributed by atoms with E-state index in [-0.39, 0.29) is 35.5 Å². The van der Waals surface area contributed by atoms with Crippen molar-refractivity contribution in [2.24, 2.45) is 0 Å². The summed E-state index contributed by atoms with van der Waals surface area (Å²) in [7, 11) is 1.57. The Labute approximate surface area is 209 Å². The number of anilines is 2. The normalized spacial score (nSPS) is 12.2. The number of benzene rings is 3. The molecular formula is C26H20F2N6O3. The molecule has 0 fully saturated rings. The van der Waals surface area contributed by atoms with Gasteiger partial charge in [-0.15, -0.1) is 5.10 Å². The number of aromatic nitrogens is 4. The lowest BCUT2D eigenvalue weighted by Gasteiger charge is -2.10. The Morgan fingerprint density at radius 1 is 1.03 bits per heavy atom. The van der Waals surface area contributed by atoms with Gasteiger partial charge in [0.25, 0.3) is 0 Å². The molecule has 0 saturated heterocycles. The highest BCUT2D eigenvalue weighted by atomic mass is 19.2. The van der Waals surface area contributed by atoms with Gasteiger partial charge in [-0.25, -0.2) is 18.4 Å². The zero-order valence-corrected chi connectivity index (χ0v) is 19.5. The van der Waals surface area contributed by atoms with Gasteiger partial charge in [-0.2, -0.15) is 4.98 Å². The Kier molecular flexibility index (Phi) is 5.44. The predicted molar refractivity (Wildman–Crippen MR) is 133 cm³/mol. The van der Waals surface area contributed by atoms with E-state index in [2.05, 4.69) is 20.4 Å². The molecule has 0 aliphatic carbocycles. The number of rotatable bonds is 6. The molecule has 2 aromatic heterocycles. The van der Waals surface area contributed by atoms with Gasteiger partial charge < -0.3 is 25.3 Å². The zero-order valence-electron chi connectivity index (χ0n) is 19.5. The molecule has 3 aromatic carbocycles. The van der Waals surface area contributed by atoms with Crippen LogP contribution in [0.1, 0.15) is 5.56 Å². The summed E-state index contributed by atoms with van der Waals surface area (Å²) in [5.41, 5.74) is 8.26. The fourth-order valence-corrected chi connectivity index (χ4v) is 4.12. The van der Waals surface area contributed by atoms with Gasteiger partial charge in [0.05, 0.1) is 23.9 Å². The second kappa shape index (κ2) is 8.94. The van der Waals surface area contributed by atoms with Crippen LogP contribution in [0.4, 0.5) is 20.5 Å². The van der Waals surface area contributed by atoms with Gasteiger partial charge in [-0.1, -0.05) is 12.1 Å². The van der Waals surface area contributed by atoms with Crippen LogP contribution >= 0.6 is 0 Å². The highest BCUT2D eigenvalue weighted by Crippen LogP contribution is 2.35. The Morgan fingerprint density at radius 3 is 2.65 bits per heavy atom. The lowest BCUT2D eigenvalue weighted by atomic mass is 10.1. The minimum absolute atomic E-state index is 0.0560. The molecule has 0 atom stereocenters. The maximum atomic E-state index is 14.9. The van der Waals surface area contributed by atoms with Crippen molar-refractivity contribution in [3.63, 3.8) is 0 Å². The molecule has 186 valence electrons. The van der Waals surface area contributed by atoms with Crippen molar-refractivity contribution in [2.75, 3.05) is 25.0 Å². The van der Waals surface area contributed by atoms with Crippen LogP contribution in [-0.4, -0.2) is 33.7 Å². The molecule has 6 rings (SSSR count). The first-order valence-corrected chi connectivity index (χ1v) is 11.3. The number of methoxy groups -OCH3 is 1. The summed E-state index contributed by atoms with van der Waals surface area (Å²) < 4.78 is 46.5. The van der Waals surface area contributed by atoms with Gasteiger partial charge in [0.15, 0.2) is 28.8 Å². The standard InChI is InChI=1S/C26H20F2N6O3/c1-35-16-8-6-15(7-9-16)34-24(29)21-23(17-3-2-4-18(27)22(17)28)31-26(32-25(21)33-34)30-12-14-5-10-19-20(11-14)37-13-36-19/h2-11H,12-13,29H2,1H3,(H,30,32,33). The van der Waals surface area contributed by atoms with Gasteiger partial charge in [-0.05, 0) is 54.1 Å². The summed E-state index contributed by atoms with van der Waals surface area (Å²) in [6, 6.07) is 16.5. The Morgan fingerprint density at radius 2 is 1.84 bits per heavy atom. The molecule has 0 radical (unpaired) electrons. The van der Waals surface area contributed by atoms with Crippen LogP contribution in [0.5, 0.6) is 17.2 Å². The van der Waals surface area contributed by atoms with E-state index >= 15 is 0 Å². The molecular weight excluding hydrogens is 482 g/mol. The molecule has 0 spiro atoms. The maximum absolute atomic E-state index is 14.9. The Bertz CT molecular complexity index is 1640. The number of ether oxygens (including phenoxy) is 3. The van der Waals surface area contributed by atoms with Crippen molar-refractivity contribution < 1.29 is 23.0 Å². The third-order valence-corrected chi connectivity index (χ3v) is 5.98. The predicted octanol–water partition coefficient (Wildman–Crippen LogP) is 4.69. The number of halogens is 2. The molecule has 11 heteroatoms. The highest BCUT2D eigenvalue weighted by Gasteiger charge is 2.22. The fraction of sp³-hybridized carbons (Fsp3) is 0.115. The van der Waals surface area contributed by atoms with Crippen LogP contribution in [0.15, 0.2) is 60.7 Å². The summed E-state index contributed by atoms with van der Waals surface area (Å²) in [5.74, 6) is 0.288. The van der Waals surface area contributed by atoms with Crippen molar-refractivity contribution in [2.45, 2.75) is 6.54 Å². The highest BCUT2D eigenvalue weighted by molar-refractivity contribution is 5.99. The molecule has 0 amide bonds. The minimum atomic E-state index is -1.04. The van der Waals surface area contributed by atoms with Crippen molar-refractivity contribution in [3.8, 4) is 34.2 Å². The first-order valence-electron chi connectivity index (χ1n) is 11.3. The number of fused-ring (bicyclic) bond motifs is 2. The van der Waals surface area contributed by atoms with Crippen LogP contribution in [0.2, 0.25) is 0 Å². The van der Waals surface area contributed by atoms with Crippen LogP contribution in [0.3, 0.4) is 0 Å². The van der Waals surface area contributed by atoms with Crippen LogP contribution in [-0.2, 0) is 6.54 Å². The minimum Gasteiger partial charge on any atom is -0.497 e. The summed E-state index contributed by atoms with van der Waals surface area (Å²) in [6.45, 7) is 0.509. The topological polar surface area (TPSA) is 109 Å². The SMILES string of the molecule is COc1ccc(-n2nc3nc(NCc4ccc5c(c4)OCO5)nc(-c4cccc(F)c4F)c3c2N)cc1. The number of nitrogens with zero attached hydrogens (tertiary/aromatic N) is 4. The lowest BCUT2D eigenvalue weighted by Crippen LogP contribution is -2.05. The molecule has 0 bridgehead atoms. The van der Waals surface area contributed by atoms with Crippen molar-refractivity contribution in [1.29, 1.82) is 0 Å². The van der Waals surface area contributed by atoms with E-state index in [0.29, 0.717) is 34.9 Å². The van der Waals surface area contributed by atoms with E-state index in [0.717, 1.165) is 11.6 Å². The van der Waals surface area contributed by atoms with Gasteiger partial charge in [0.1, 0.15) is 11.6 Å². The second-order valence-corrected chi connectivity index (χ2v) is 8.23. The second-order valence-electron chi connectivity index (χ2n) is 8.23. The monoisotopic (exact) mass is 502 g/mol. The number of nitrogen functional groups attached to an aromatic ring is 1. The molecule has 9 nitrogen and oxygen atoms in total.